The lowest BCUT2D eigenvalue weighted by Gasteiger charge is -2.38. The number of rotatable bonds is 5. The summed E-state index contributed by atoms with van der Waals surface area (Å²) in [7, 11) is 0. The molecule has 84 valence electrons. The predicted molar refractivity (Wildman–Crippen MR) is 67.2 cm³/mol. The molecule has 1 heterocycles. The second-order valence-electron chi connectivity index (χ2n) is 4.94. The molecule has 0 N–H and O–H groups in total. The van der Waals surface area contributed by atoms with Crippen LogP contribution in [0, 0.1) is 5.41 Å². The SMILES string of the molecule is CCC1(C)CCN(CCCCS)CC1. The summed E-state index contributed by atoms with van der Waals surface area (Å²) < 4.78 is 0. The Hall–Kier alpha value is 0.310. The van der Waals surface area contributed by atoms with E-state index in [1.807, 2.05) is 0 Å². The van der Waals surface area contributed by atoms with Crippen molar-refractivity contribution in [1.82, 2.24) is 4.90 Å². The van der Waals surface area contributed by atoms with E-state index in [1.54, 1.807) is 0 Å². The molecule has 1 aliphatic heterocycles. The van der Waals surface area contributed by atoms with Crippen LogP contribution in [-0.2, 0) is 0 Å². The van der Waals surface area contributed by atoms with E-state index in [2.05, 4.69) is 31.4 Å². The third kappa shape index (κ3) is 3.82. The molecule has 0 aliphatic carbocycles. The van der Waals surface area contributed by atoms with E-state index >= 15 is 0 Å². The van der Waals surface area contributed by atoms with Crippen LogP contribution >= 0.6 is 12.6 Å². The molecule has 0 saturated carbocycles. The summed E-state index contributed by atoms with van der Waals surface area (Å²) in [5.41, 5.74) is 0.639. The zero-order chi connectivity index (χ0) is 10.4. The Balaban J connectivity index is 2.15. The van der Waals surface area contributed by atoms with Gasteiger partial charge in [-0.15, -0.1) is 0 Å². The van der Waals surface area contributed by atoms with Crippen LogP contribution in [0.5, 0.6) is 0 Å². The summed E-state index contributed by atoms with van der Waals surface area (Å²) >= 11 is 4.24. The largest absolute Gasteiger partial charge is 0.303 e. The molecule has 0 aromatic carbocycles. The van der Waals surface area contributed by atoms with Crippen LogP contribution in [0.3, 0.4) is 0 Å². The summed E-state index contributed by atoms with van der Waals surface area (Å²) in [5.74, 6) is 1.04. The fraction of sp³-hybridized carbons (Fsp3) is 1.00. The Morgan fingerprint density at radius 3 is 2.36 bits per heavy atom. The van der Waals surface area contributed by atoms with Crippen molar-refractivity contribution in [3.05, 3.63) is 0 Å². The molecule has 0 aromatic rings. The monoisotopic (exact) mass is 215 g/mol. The second-order valence-corrected chi connectivity index (χ2v) is 5.38. The van der Waals surface area contributed by atoms with E-state index in [1.165, 1.54) is 51.7 Å². The molecule has 1 nitrogen and oxygen atoms in total. The number of hydrogen-bond acceptors (Lipinski definition) is 2. The summed E-state index contributed by atoms with van der Waals surface area (Å²) in [6, 6.07) is 0. The van der Waals surface area contributed by atoms with Gasteiger partial charge in [0.2, 0.25) is 0 Å². The molecule has 0 radical (unpaired) electrons. The molecule has 0 bridgehead atoms. The van der Waals surface area contributed by atoms with Crippen molar-refractivity contribution in [2.24, 2.45) is 5.41 Å². The van der Waals surface area contributed by atoms with Crippen molar-refractivity contribution >= 4 is 12.6 Å². The van der Waals surface area contributed by atoms with Crippen LogP contribution in [-0.4, -0.2) is 30.3 Å². The van der Waals surface area contributed by atoms with Gasteiger partial charge in [-0.1, -0.05) is 20.3 Å². The van der Waals surface area contributed by atoms with Gasteiger partial charge in [0.05, 0.1) is 0 Å². The quantitative estimate of drug-likeness (QED) is 0.544. The van der Waals surface area contributed by atoms with E-state index in [0.29, 0.717) is 5.41 Å². The first-order valence-electron chi connectivity index (χ1n) is 6.03. The van der Waals surface area contributed by atoms with Gasteiger partial charge in [-0.05, 0) is 56.5 Å². The minimum absolute atomic E-state index is 0.639. The van der Waals surface area contributed by atoms with Crippen LogP contribution in [0.4, 0.5) is 0 Å². The normalized spacial score (nSPS) is 22.5. The molecule has 14 heavy (non-hydrogen) atoms. The maximum Gasteiger partial charge on any atom is -0.00135 e. The smallest absolute Gasteiger partial charge is 0.00135 e. The number of hydrogen-bond donors (Lipinski definition) is 1. The minimum Gasteiger partial charge on any atom is -0.303 e. The highest BCUT2D eigenvalue weighted by atomic mass is 32.1. The van der Waals surface area contributed by atoms with Crippen molar-refractivity contribution in [2.45, 2.75) is 46.0 Å². The molecule has 1 aliphatic rings. The molecular weight excluding hydrogens is 190 g/mol. The van der Waals surface area contributed by atoms with Crippen molar-refractivity contribution in [3.8, 4) is 0 Å². The Bertz CT molecular complexity index is 150. The lowest BCUT2D eigenvalue weighted by Crippen LogP contribution is -2.38. The van der Waals surface area contributed by atoms with Crippen molar-refractivity contribution in [2.75, 3.05) is 25.4 Å². The van der Waals surface area contributed by atoms with E-state index in [9.17, 15) is 0 Å². The molecular formula is C12H25NS. The van der Waals surface area contributed by atoms with E-state index < -0.39 is 0 Å². The van der Waals surface area contributed by atoms with Gasteiger partial charge in [-0.3, -0.25) is 0 Å². The third-order valence-corrected chi connectivity index (χ3v) is 4.12. The summed E-state index contributed by atoms with van der Waals surface area (Å²) in [6.07, 6.45) is 6.73. The summed E-state index contributed by atoms with van der Waals surface area (Å²) in [4.78, 5) is 2.63. The third-order valence-electron chi connectivity index (χ3n) is 3.80. The highest BCUT2D eigenvalue weighted by molar-refractivity contribution is 7.80. The molecule has 0 amide bonds. The Morgan fingerprint density at radius 2 is 1.86 bits per heavy atom. The highest BCUT2D eigenvalue weighted by Gasteiger charge is 2.27. The van der Waals surface area contributed by atoms with E-state index in [-0.39, 0.29) is 0 Å². The van der Waals surface area contributed by atoms with E-state index in [4.69, 9.17) is 0 Å². The van der Waals surface area contributed by atoms with Gasteiger partial charge < -0.3 is 4.90 Å². The standard InChI is InChI=1S/C12H25NS/c1-3-12(2)6-9-13(10-7-12)8-4-5-11-14/h14H,3-11H2,1-2H3. The maximum atomic E-state index is 4.24. The van der Waals surface area contributed by atoms with Gasteiger partial charge in [0.1, 0.15) is 0 Å². The molecule has 1 rings (SSSR count). The highest BCUT2D eigenvalue weighted by Crippen LogP contribution is 2.33. The van der Waals surface area contributed by atoms with Crippen molar-refractivity contribution in [1.29, 1.82) is 0 Å². The first kappa shape index (κ1) is 12.4. The lowest BCUT2D eigenvalue weighted by molar-refractivity contribution is 0.114. The van der Waals surface area contributed by atoms with Crippen LogP contribution < -0.4 is 0 Å². The first-order chi connectivity index (χ1) is 6.70. The predicted octanol–water partition coefficient (Wildman–Crippen LogP) is 3.21. The molecule has 0 unspecified atom stereocenters. The average molecular weight is 215 g/mol. The van der Waals surface area contributed by atoms with Crippen molar-refractivity contribution < 1.29 is 0 Å². The van der Waals surface area contributed by atoms with Gasteiger partial charge in [0, 0.05) is 0 Å². The zero-order valence-corrected chi connectivity index (χ0v) is 10.7. The number of thiol groups is 1. The number of likely N-dealkylation sites (tertiary alicyclic amines) is 1. The van der Waals surface area contributed by atoms with Crippen molar-refractivity contribution in [3.63, 3.8) is 0 Å². The van der Waals surface area contributed by atoms with Crippen LogP contribution in [0.25, 0.3) is 0 Å². The molecule has 2 heteroatoms. The fourth-order valence-electron chi connectivity index (χ4n) is 2.12. The van der Waals surface area contributed by atoms with Gasteiger partial charge in [-0.25, -0.2) is 0 Å². The molecule has 0 atom stereocenters. The number of unbranched alkanes of at least 4 members (excludes halogenated alkanes) is 1. The topological polar surface area (TPSA) is 3.24 Å². The number of nitrogens with zero attached hydrogens (tertiary/aromatic N) is 1. The van der Waals surface area contributed by atoms with Crippen LogP contribution in [0.2, 0.25) is 0 Å². The van der Waals surface area contributed by atoms with Gasteiger partial charge in [0.25, 0.3) is 0 Å². The average Bonchev–Trinajstić information content (AvgIpc) is 2.22. The molecule has 0 aromatic heterocycles. The van der Waals surface area contributed by atoms with Gasteiger partial charge in [-0.2, -0.15) is 12.6 Å². The summed E-state index contributed by atoms with van der Waals surface area (Å²) in [5, 5.41) is 0. The maximum absolute atomic E-state index is 4.24. The number of piperidine rings is 1. The van der Waals surface area contributed by atoms with Gasteiger partial charge >= 0.3 is 0 Å². The Morgan fingerprint density at radius 1 is 1.21 bits per heavy atom. The molecule has 0 spiro atoms. The van der Waals surface area contributed by atoms with E-state index in [0.717, 1.165) is 5.75 Å². The molecule has 1 saturated heterocycles. The van der Waals surface area contributed by atoms with Gasteiger partial charge in [0.15, 0.2) is 0 Å². The van der Waals surface area contributed by atoms with Crippen LogP contribution in [0.1, 0.15) is 46.0 Å². The minimum atomic E-state index is 0.639. The summed E-state index contributed by atoms with van der Waals surface area (Å²) in [6.45, 7) is 8.70. The second kappa shape index (κ2) is 6.02. The first-order valence-corrected chi connectivity index (χ1v) is 6.67. The molecule has 1 fully saturated rings. The lowest BCUT2D eigenvalue weighted by atomic mass is 9.78. The van der Waals surface area contributed by atoms with Crippen LogP contribution in [0.15, 0.2) is 0 Å². The fourth-order valence-corrected chi connectivity index (χ4v) is 2.34. The Kier molecular flexibility index (Phi) is 5.32. The zero-order valence-electron chi connectivity index (χ0n) is 9.76. The Labute approximate surface area is 94.7 Å².